The Hall–Kier alpha value is -2.41. The van der Waals surface area contributed by atoms with Crippen molar-refractivity contribution in [1.29, 1.82) is 5.26 Å². The second-order valence-electron chi connectivity index (χ2n) is 5.17. The minimum Gasteiger partial charge on any atom is -0.497 e. The van der Waals surface area contributed by atoms with Gasteiger partial charge in [-0.25, -0.2) is 9.97 Å². The molecule has 0 saturated carbocycles. The summed E-state index contributed by atoms with van der Waals surface area (Å²) in [6, 6.07) is 8.09. The molecule has 2 rings (SSSR count). The molecule has 1 aromatic heterocycles. The van der Waals surface area contributed by atoms with Gasteiger partial charge >= 0.3 is 0 Å². The summed E-state index contributed by atoms with van der Waals surface area (Å²) in [6.07, 6.45) is 3.30. The highest BCUT2D eigenvalue weighted by Crippen LogP contribution is 2.36. The molecule has 0 atom stereocenters. The van der Waals surface area contributed by atoms with Crippen molar-refractivity contribution in [2.24, 2.45) is 0 Å². The van der Waals surface area contributed by atoms with Gasteiger partial charge in [0.05, 0.1) is 18.6 Å². The Morgan fingerprint density at radius 2 is 2.00 bits per heavy atom. The van der Waals surface area contributed by atoms with E-state index in [1.54, 1.807) is 13.3 Å². The lowest BCUT2D eigenvalue weighted by Gasteiger charge is -2.21. The number of ether oxygens (including phenoxy) is 1. The third-order valence-corrected chi connectivity index (χ3v) is 3.38. The highest BCUT2D eigenvalue weighted by Gasteiger charge is 2.25. The first-order valence-corrected chi connectivity index (χ1v) is 6.36. The van der Waals surface area contributed by atoms with E-state index in [1.165, 1.54) is 6.33 Å². The first-order valence-electron chi connectivity index (χ1n) is 6.36. The van der Waals surface area contributed by atoms with Gasteiger partial charge in [-0.1, -0.05) is 6.07 Å². The van der Waals surface area contributed by atoms with Crippen molar-refractivity contribution in [3.63, 3.8) is 0 Å². The molecule has 0 amide bonds. The fraction of sp³-hybridized carbons (Fsp3) is 0.312. The van der Waals surface area contributed by atoms with Crippen molar-refractivity contribution in [2.45, 2.75) is 26.2 Å². The molecule has 4 heteroatoms. The third kappa shape index (κ3) is 2.48. The Morgan fingerprint density at radius 1 is 1.25 bits per heavy atom. The highest BCUT2D eigenvalue weighted by atomic mass is 16.5. The van der Waals surface area contributed by atoms with Crippen LogP contribution in [0.5, 0.6) is 5.75 Å². The van der Waals surface area contributed by atoms with Crippen LogP contribution in [0.4, 0.5) is 0 Å². The molecule has 0 aliphatic heterocycles. The van der Waals surface area contributed by atoms with Crippen molar-refractivity contribution in [3.05, 3.63) is 42.0 Å². The number of aromatic nitrogens is 2. The number of methoxy groups -OCH3 is 1. The smallest absolute Gasteiger partial charge is 0.119 e. The van der Waals surface area contributed by atoms with Crippen LogP contribution in [0.3, 0.4) is 0 Å². The molecule has 20 heavy (non-hydrogen) atoms. The summed E-state index contributed by atoms with van der Waals surface area (Å²) in [4.78, 5) is 8.31. The summed E-state index contributed by atoms with van der Waals surface area (Å²) in [5.41, 5.74) is 3.09. The zero-order valence-electron chi connectivity index (χ0n) is 12.1. The predicted octanol–water partition coefficient (Wildman–Crippen LogP) is 3.26. The van der Waals surface area contributed by atoms with Crippen LogP contribution >= 0.6 is 0 Å². The maximum absolute atomic E-state index is 9.43. The Labute approximate surface area is 119 Å². The summed E-state index contributed by atoms with van der Waals surface area (Å²) in [6.45, 7) is 5.72. The van der Waals surface area contributed by atoms with E-state index in [9.17, 15) is 5.26 Å². The lowest BCUT2D eigenvalue weighted by molar-refractivity contribution is 0.413. The van der Waals surface area contributed by atoms with Gasteiger partial charge in [0.1, 0.15) is 12.1 Å². The van der Waals surface area contributed by atoms with E-state index < -0.39 is 5.41 Å². The van der Waals surface area contributed by atoms with Crippen LogP contribution in [0.25, 0.3) is 11.1 Å². The lowest BCUT2D eigenvalue weighted by atomic mass is 9.81. The monoisotopic (exact) mass is 267 g/mol. The van der Waals surface area contributed by atoms with Gasteiger partial charge < -0.3 is 4.74 Å². The molecule has 0 radical (unpaired) electrons. The minimum atomic E-state index is -0.619. The largest absolute Gasteiger partial charge is 0.497 e. The maximum Gasteiger partial charge on any atom is 0.119 e. The standard InChI is InChI=1S/C16H17N3O/c1-11-14(8-18-10-19-11)13-6-5-12(20-4)7-15(13)16(2,3)9-17/h5-8,10H,1-4H3. The zero-order chi connectivity index (χ0) is 14.8. The lowest BCUT2D eigenvalue weighted by Crippen LogP contribution is -2.15. The fourth-order valence-corrected chi connectivity index (χ4v) is 2.12. The molecule has 0 saturated heterocycles. The second kappa shape index (κ2) is 5.30. The fourth-order valence-electron chi connectivity index (χ4n) is 2.12. The number of benzene rings is 1. The highest BCUT2D eigenvalue weighted by molar-refractivity contribution is 5.71. The van der Waals surface area contributed by atoms with Crippen LogP contribution in [0.15, 0.2) is 30.7 Å². The number of rotatable bonds is 3. The number of hydrogen-bond acceptors (Lipinski definition) is 4. The Morgan fingerprint density at radius 3 is 2.60 bits per heavy atom. The molecule has 4 nitrogen and oxygen atoms in total. The quantitative estimate of drug-likeness (QED) is 0.856. The van der Waals surface area contributed by atoms with Crippen molar-refractivity contribution < 1.29 is 4.74 Å². The molecular formula is C16H17N3O. The van der Waals surface area contributed by atoms with Crippen LogP contribution in [-0.2, 0) is 5.41 Å². The van der Waals surface area contributed by atoms with E-state index in [0.717, 1.165) is 28.1 Å². The molecule has 0 spiro atoms. The van der Waals surface area contributed by atoms with E-state index in [2.05, 4.69) is 16.0 Å². The van der Waals surface area contributed by atoms with Gasteiger partial charge in [0.2, 0.25) is 0 Å². The summed E-state index contributed by atoms with van der Waals surface area (Å²) in [5, 5.41) is 9.43. The normalized spacial score (nSPS) is 10.9. The molecule has 0 aliphatic carbocycles. The van der Waals surface area contributed by atoms with Crippen molar-refractivity contribution >= 4 is 0 Å². The van der Waals surface area contributed by atoms with Crippen LogP contribution in [0.2, 0.25) is 0 Å². The Kier molecular flexibility index (Phi) is 3.71. The summed E-state index contributed by atoms with van der Waals surface area (Å²) in [7, 11) is 1.62. The summed E-state index contributed by atoms with van der Waals surface area (Å²) < 4.78 is 5.27. The average molecular weight is 267 g/mol. The predicted molar refractivity (Wildman–Crippen MR) is 77.4 cm³/mol. The van der Waals surface area contributed by atoms with E-state index in [-0.39, 0.29) is 0 Å². The molecule has 0 bridgehead atoms. The van der Waals surface area contributed by atoms with E-state index in [1.807, 2.05) is 39.0 Å². The summed E-state index contributed by atoms with van der Waals surface area (Å²) in [5.74, 6) is 0.738. The number of aryl methyl sites for hydroxylation is 1. The number of nitrogens with zero attached hydrogens (tertiary/aromatic N) is 3. The van der Waals surface area contributed by atoms with E-state index >= 15 is 0 Å². The van der Waals surface area contributed by atoms with E-state index in [4.69, 9.17) is 4.74 Å². The average Bonchev–Trinajstić information content (AvgIpc) is 2.47. The first kappa shape index (κ1) is 14.0. The van der Waals surface area contributed by atoms with Crippen molar-refractivity contribution in [2.75, 3.05) is 7.11 Å². The van der Waals surface area contributed by atoms with Gasteiger partial charge in [-0.3, -0.25) is 0 Å². The van der Waals surface area contributed by atoms with Crippen LogP contribution in [-0.4, -0.2) is 17.1 Å². The Balaban J connectivity index is 2.72. The van der Waals surface area contributed by atoms with E-state index in [0.29, 0.717) is 0 Å². The van der Waals surface area contributed by atoms with Gasteiger partial charge in [0.15, 0.2) is 0 Å². The molecule has 102 valence electrons. The molecule has 0 unspecified atom stereocenters. The number of hydrogen-bond donors (Lipinski definition) is 0. The molecule has 1 heterocycles. The van der Waals surface area contributed by atoms with Crippen molar-refractivity contribution in [3.8, 4) is 22.9 Å². The van der Waals surface area contributed by atoms with Crippen LogP contribution < -0.4 is 4.74 Å². The number of nitriles is 1. The van der Waals surface area contributed by atoms with Gasteiger partial charge in [-0.2, -0.15) is 5.26 Å². The van der Waals surface area contributed by atoms with Gasteiger partial charge in [0.25, 0.3) is 0 Å². The molecule has 0 fully saturated rings. The van der Waals surface area contributed by atoms with Crippen LogP contribution in [0, 0.1) is 18.3 Å². The molecule has 0 aliphatic rings. The molecule has 1 aromatic carbocycles. The topological polar surface area (TPSA) is 58.8 Å². The summed E-state index contributed by atoms with van der Waals surface area (Å²) >= 11 is 0. The zero-order valence-corrected chi connectivity index (χ0v) is 12.1. The molecule has 0 N–H and O–H groups in total. The van der Waals surface area contributed by atoms with Gasteiger partial charge in [-0.15, -0.1) is 0 Å². The third-order valence-electron chi connectivity index (χ3n) is 3.38. The van der Waals surface area contributed by atoms with Crippen LogP contribution in [0.1, 0.15) is 25.1 Å². The molecule has 2 aromatic rings. The van der Waals surface area contributed by atoms with Crippen molar-refractivity contribution in [1.82, 2.24) is 9.97 Å². The van der Waals surface area contributed by atoms with Gasteiger partial charge in [0, 0.05) is 17.5 Å². The first-order chi connectivity index (χ1) is 9.49. The minimum absolute atomic E-state index is 0.619. The maximum atomic E-state index is 9.43. The SMILES string of the molecule is COc1ccc(-c2cncnc2C)c(C(C)(C)C#N)c1. The second-order valence-corrected chi connectivity index (χ2v) is 5.17. The Bertz CT molecular complexity index is 672. The van der Waals surface area contributed by atoms with Gasteiger partial charge in [-0.05, 0) is 44.0 Å². The molecular weight excluding hydrogens is 250 g/mol.